The van der Waals surface area contributed by atoms with E-state index in [0.717, 1.165) is 0 Å². The fraction of sp³-hybridized carbons (Fsp3) is 1.00. The van der Waals surface area contributed by atoms with Crippen molar-refractivity contribution >= 4 is 0 Å². The van der Waals surface area contributed by atoms with Gasteiger partial charge in [-0.25, -0.2) is 0 Å². The second kappa shape index (κ2) is 37.8. The lowest BCUT2D eigenvalue weighted by molar-refractivity contribution is 0.102. The highest BCUT2D eigenvalue weighted by Crippen LogP contribution is 2.25. The third-order valence-electron chi connectivity index (χ3n) is 11.1. The van der Waals surface area contributed by atoms with Crippen LogP contribution in [-0.4, -0.2) is 23.5 Å². The summed E-state index contributed by atoms with van der Waals surface area (Å²) < 4.78 is 0. The normalized spacial score (nSPS) is 12.1. The topological polar surface area (TPSA) is 3.24 Å². The Morgan fingerprint density at radius 2 is 0.457 bits per heavy atom. The molecule has 0 aliphatic rings. The van der Waals surface area contributed by atoms with Gasteiger partial charge in [0.05, 0.1) is 0 Å². The zero-order valence-electron chi connectivity index (χ0n) is 33.5. The van der Waals surface area contributed by atoms with Crippen LogP contribution in [0.1, 0.15) is 272 Å². The van der Waals surface area contributed by atoms with Crippen molar-refractivity contribution in [3.05, 3.63) is 0 Å². The highest BCUT2D eigenvalue weighted by Gasteiger charge is 2.25. The van der Waals surface area contributed by atoms with E-state index >= 15 is 0 Å². The molecule has 278 valence electrons. The number of hydrogen-bond donors (Lipinski definition) is 0. The van der Waals surface area contributed by atoms with Crippen molar-refractivity contribution in [1.82, 2.24) is 4.90 Å². The second-order valence-electron chi connectivity index (χ2n) is 16.2. The van der Waals surface area contributed by atoms with Crippen LogP contribution in [0.5, 0.6) is 0 Å². The number of unbranched alkanes of at least 4 members (excludes halogenated alkanes) is 33. The molecule has 0 atom stereocenters. The molecule has 0 heterocycles. The van der Waals surface area contributed by atoms with E-state index in [9.17, 15) is 0 Å². The molecule has 0 aromatic rings. The van der Waals surface area contributed by atoms with Gasteiger partial charge in [-0.05, 0) is 46.2 Å². The Morgan fingerprint density at radius 1 is 0.261 bits per heavy atom. The van der Waals surface area contributed by atoms with E-state index in [1.54, 1.807) is 0 Å². The quantitative estimate of drug-likeness (QED) is 0.0598. The van der Waals surface area contributed by atoms with Crippen molar-refractivity contribution in [2.75, 3.05) is 13.1 Å². The highest BCUT2D eigenvalue weighted by atomic mass is 15.2. The van der Waals surface area contributed by atoms with Crippen molar-refractivity contribution in [3.8, 4) is 0 Å². The summed E-state index contributed by atoms with van der Waals surface area (Å²) in [5, 5.41) is 0. The molecule has 1 heteroatoms. The number of nitrogens with zero attached hydrogens (tertiary/aromatic N) is 1. The van der Waals surface area contributed by atoms with E-state index in [2.05, 4.69) is 39.5 Å². The van der Waals surface area contributed by atoms with E-state index in [4.69, 9.17) is 0 Å². The zero-order valence-corrected chi connectivity index (χ0v) is 33.5. The predicted molar refractivity (Wildman–Crippen MR) is 214 cm³/mol. The Balaban J connectivity index is 3.92. The summed E-state index contributed by atoms with van der Waals surface area (Å²) in [6.07, 6.45) is 53.7. The molecule has 0 bridgehead atoms. The number of rotatable bonds is 40. The molecule has 0 spiro atoms. The van der Waals surface area contributed by atoms with Crippen molar-refractivity contribution in [3.63, 3.8) is 0 Å². The van der Waals surface area contributed by atoms with Gasteiger partial charge >= 0.3 is 0 Å². The van der Waals surface area contributed by atoms with Gasteiger partial charge in [0.15, 0.2) is 0 Å². The van der Waals surface area contributed by atoms with Gasteiger partial charge in [-0.1, -0.05) is 239 Å². The molecule has 0 aliphatic heterocycles. The fourth-order valence-electron chi connectivity index (χ4n) is 7.56. The lowest BCUT2D eigenvalue weighted by Crippen LogP contribution is -2.45. The molecule has 0 rings (SSSR count). The molecule has 46 heavy (non-hydrogen) atoms. The van der Waals surface area contributed by atoms with Gasteiger partial charge in [0.25, 0.3) is 0 Å². The Bertz CT molecular complexity index is 503. The van der Waals surface area contributed by atoms with Crippen molar-refractivity contribution in [1.29, 1.82) is 0 Å². The first-order chi connectivity index (χ1) is 22.6. The predicted octanol–water partition coefficient (Wildman–Crippen LogP) is 16.6. The summed E-state index contributed by atoms with van der Waals surface area (Å²) in [5.74, 6) is 0. The SMILES string of the molecule is CCCCCCCCCCCCCCCCCCN(CCCCCCCCCCCCCCCCCC)C(C)(C)CCCCCC. The fourth-order valence-corrected chi connectivity index (χ4v) is 7.56. The minimum atomic E-state index is 0.374. The Kier molecular flexibility index (Phi) is 37.7. The van der Waals surface area contributed by atoms with Crippen LogP contribution in [0.25, 0.3) is 0 Å². The molecule has 0 fully saturated rings. The van der Waals surface area contributed by atoms with Crippen LogP contribution in [0, 0.1) is 0 Å². The van der Waals surface area contributed by atoms with Crippen LogP contribution < -0.4 is 0 Å². The van der Waals surface area contributed by atoms with Crippen molar-refractivity contribution < 1.29 is 0 Å². The van der Waals surface area contributed by atoms with Crippen LogP contribution in [0.15, 0.2) is 0 Å². The molecule has 0 saturated heterocycles. The molecule has 0 aromatic heterocycles. The van der Waals surface area contributed by atoms with Crippen LogP contribution in [0.2, 0.25) is 0 Å². The monoisotopic (exact) mass is 648 g/mol. The average Bonchev–Trinajstić information content (AvgIpc) is 3.05. The van der Waals surface area contributed by atoms with E-state index in [1.807, 2.05) is 0 Å². The van der Waals surface area contributed by atoms with Gasteiger partial charge in [0, 0.05) is 5.54 Å². The van der Waals surface area contributed by atoms with Crippen LogP contribution in [0.4, 0.5) is 0 Å². The lowest BCUT2D eigenvalue weighted by Gasteiger charge is -2.39. The summed E-state index contributed by atoms with van der Waals surface area (Å²) in [4.78, 5) is 2.91. The van der Waals surface area contributed by atoms with E-state index in [1.165, 1.54) is 251 Å². The van der Waals surface area contributed by atoms with E-state index < -0.39 is 0 Å². The molecule has 0 aromatic carbocycles. The van der Waals surface area contributed by atoms with Gasteiger partial charge in [-0.2, -0.15) is 0 Å². The van der Waals surface area contributed by atoms with Gasteiger partial charge in [0.2, 0.25) is 0 Å². The molecule has 0 amide bonds. The Morgan fingerprint density at radius 3 is 0.696 bits per heavy atom. The first kappa shape index (κ1) is 46.0. The third-order valence-corrected chi connectivity index (χ3v) is 11.1. The second-order valence-corrected chi connectivity index (χ2v) is 16.2. The molecule has 1 nitrogen and oxygen atoms in total. The van der Waals surface area contributed by atoms with E-state index in [-0.39, 0.29) is 0 Å². The summed E-state index contributed by atoms with van der Waals surface area (Å²) >= 11 is 0. The molecule has 0 radical (unpaired) electrons. The molecular weight excluding hydrogens is 555 g/mol. The van der Waals surface area contributed by atoms with Crippen LogP contribution in [-0.2, 0) is 0 Å². The highest BCUT2D eigenvalue weighted by molar-refractivity contribution is 4.81. The van der Waals surface area contributed by atoms with E-state index in [0.29, 0.717) is 5.54 Å². The Hall–Kier alpha value is -0.0400. The first-order valence-electron chi connectivity index (χ1n) is 22.3. The minimum Gasteiger partial charge on any atom is -0.298 e. The number of hydrogen-bond acceptors (Lipinski definition) is 1. The average molecular weight is 648 g/mol. The molecule has 0 unspecified atom stereocenters. The molecule has 0 aliphatic carbocycles. The van der Waals surface area contributed by atoms with Crippen LogP contribution >= 0.6 is 0 Å². The van der Waals surface area contributed by atoms with Gasteiger partial charge in [0.1, 0.15) is 0 Å². The van der Waals surface area contributed by atoms with Gasteiger partial charge in [-0.15, -0.1) is 0 Å². The largest absolute Gasteiger partial charge is 0.298 e. The van der Waals surface area contributed by atoms with Crippen molar-refractivity contribution in [2.45, 2.75) is 278 Å². The summed E-state index contributed by atoms with van der Waals surface area (Å²) in [6, 6.07) is 0. The lowest BCUT2D eigenvalue weighted by atomic mass is 9.93. The van der Waals surface area contributed by atoms with Gasteiger partial charge < -0.3 is 0 Å². The summed E-state index contributed by atoms with van der Waals surface area (Å²) in [7, 11) is 0. The molecular formula is C45H93N. The Labute approximate surface area is 295 Å². The van der Waals surface area contributed by atoms with Gasteiger partial charge in [-0.3, -0.25) is 4.90 Å². The smallest absolute Gasteiger partial charge is 0.0153 e. The summed E-state index contributed by atoms with van der Waals surface area (Å²) in [5.41, 5.74) is 0.374. The maximum absolute atomic E-state index is 2.91. The van der Waals surface area contributed by atoms with Crippen molar-refractivity contribution in [2.24, 2.45) is 0 Å². The maximum atomic E-state index is 2.91. The molecule has 0 saturated carbocycles. The summed E-state index contributed by atoms with van der Waals surface area (Å²) in [6.45, 7) is 14.7. The minimum absolute atomic E-state index is 0.374. The molecule has 0 N–H and O–H groups in total. The maximum Gasteiger partial charge on any atom is 0.0153 e. The third kappa shape index (κ3) is 33.8. The zero-order chi connectivity index (χ0) is 33.7. The standard InChI is InChI=1S/C45H93N/c1-6-9-12-15-17-19-21-23-25-27-29-31-33-35-37-40-43-46(45(4,5)42-39-14-11-8-3)44-41-38-36-34-32-30-28-26-24-22-20-18-16-13-10-7-2/h6-44H2,1-5H3. The van der Waals surface area contributed by atoms with Crippen LogP contribution in [0.3, 0.4) is 0 Å². The first-order valence-corrected chi connectivity index (χ1v) is 22.3.